The number of benzene rings is 3. The van der Waals surface area contributed by atoms with Gasteiger partial charge >= 0.3 is 0 Å². The summed E-state index contributed by atoms with van der Waals surface area (Å²) >= 11 is 0. The smallest absolute Gasteiger partial charge is 0.251 e. The van der Waals surface area contributed by atoms with Crippen LogP contribution in [0.15, 0.2) is 60.7 Å². The second kappa shape index (κ2) is 7.11. The average Bonchev–Trinajstić information content (AvgIpc) is 3.34. The molecule has 3 aromatic carbocycles. The van der Waals surface area contributed by atoms with Crippen LogP contribution in [-0.2, 0) is 17.7 Å². The molecule has 4 N–H and O–H groups in total. The van der Waals surface area contributed by atoms with Crippen LogP contribution >= 0.6 is 0 Å². The van der Waals surface area contributed by atoms with Gasteiger partial charge in [0, 0.05) is 17.7 Å². The van der Waals surface area contributed by atoms with Crippen molar-refractivity contribution in [2.24, 2.45) is 5.73 Å². The summed E-state index contributed by atoms with van der Waals surface area (Å²) in [6, 6.07) is 19.8. The molecule has 0 saturated carbocycles. The van der Waals surface area contributed by atoms with E-state index in [9.17, 15) is 4.79 Å². The molecule has 150 valence electrons. The van der Waals surface area contributed by atoms with Crippen molar-refractivity contribution in [1.82, 2.24) is 5.32 Å². The number of nitrogens with one attached hydrogen (secondary N) is 2. The van der Waals surface area contributed by atoms with Crippen molar-refractivity contribution in [3.05, 3.63) is 105 Å². The van der Waals surface area contributed by atoms with Crippen molar-refractivity contribution in [1.29, 1.82) is 5.41 Å². The minimum absolute atomic E-state index is 0.0252. The predicted octanol–water partition coefficient (Wildman–Crippen LogP) is 3.99. The van der Waals surface area contributed by atoms with Crippen LogP contribution in [0.1, 0.15) is 68.4 Å². The molecule has 3 aromatic rings. The third kappa shape index (κ3) is 2.99. The zero-order chi connectivity index (χ0) is 20.8. The topological polar surface area (TPSA) is 88.2 Å². The van der Waals surface area contributed by atoms with E-state index in [1.807, 2.05) is 30.3 Å². The lowest BCUT2D eigenvalue weighted by Gasteiger charge is -2.17. The molecule has 1 amide bonds. The fourth-order valence-electron chi connectivity index (χ4n) is 4.34. The first-order valence-electron chi connectivity index (χ1n) is 10.2. The first kappa shape index (κ1) is 18.6. The van der Waals surface area contributed by atoms with Gasteiger partial charge in [-0.05, 0) is 51.9 Å². The van der Waals surface area contributed by atoms with Crippen molar-refractivity contribution in [2.75, 3.05) is 0 Å². The van der Waals surface area contributed by atoms with E-state index in [2.05, 4.69) is 30.4 Å². The highest BCUT2D eigenvalue weighted by molar-refractivity contribution is 5.95. The molecule has 5 nitrogen and oxygen atoms in total. The van der Waals surface area contributed by atoms with Crippen LogP contribution in [0.2, 0.25) is 0 Å². The van der Waals surface area contributed by atoms with Gasteiger partial charge in [-0.1, -0.05) is 55.5 Å². The Kier molecular flexibility index (Phi) is 4.40. The summed E-state index contributed by atoms with van der Waals surface area (Å²) in [5, 5.41) is 10.4. The summed E-state index contributed by atoms with van der Waals surface area (Å²) in [6.07, 6.45) is 0.883. The molecule has 0 radical (unpaired) electrons. The van der Waals surface area contributed by atoms with Crippen molar-refractivity contribution in [3.63, 3.8) is 0 Å². The lowest BCUT2D eigenvalue weighted by atomic mass is 9.84. The third-order valence-electron chi connectivity index (χ3n) is 6.03. The number of hydrogen-bond acceptors (Lipinski definition) is 3. The second-order valence-corrected chi connectivity index (χ2v) is 7.85. The minimum atomic E-state index is -0.112. The molecule has 0 aliphatic carbocycles. The maximum atomic E-state index is 12.7. The van der Waals surface area contributed by atoms with Crippen LogP contribution in [0.3, 0.4) is 0 Å². The fourth-order valence-corrected chi connectivity index (χ4v) is 4.34. The number of amides is 1. The van der Waals surface area contributed by atoms with Crippen molar-refractivity contribution < 1.29 is 9.53 Å². The van der Waals surface area contributed by atoms with Gasteiger partial charge in [0.05, 0.1) is 0 Å². The Balaban J connectivity index is 1.33. The van der Waals surface area contributed by atoms with Gasteiger partial charge in [0.2, 0.25) is 0 Å². The van der Waals surface area contributed by atoms with Gasteiger partial charge in [0.1, 0.15) is 18.0 Å². The third-order valence-corrected chi connectivity index (χ3v) is 6.03. The van der Waals surface area contributed by atoms with E-state index in [0.717, 1.165) is 23.1 Å². The quantitative estimate of drug-likeness (QED) is 0.449. The molecular weight excluding hydrogens is 374 g/mol. The van der Waals surface area contributed by atoms with Crippen LogP contribution in [0.25, 0.3) is 0 Å². The van der Waals surface area contributed by atoms with E-state index in [4.69, 9.17) is 15.9 Å². The number of hydrogen-bond donors (Lipinski definition) is 3. The number of ether oxygens (including phenoxy) is 1. The second-order valence-electron chi connectivity index (χ2n) is 7.85. The lowest BCUT2D eigenvalue weighted by Crippen LogP contribution is -2.23. The van der Waals surface area contributed by atoms with Crippen LogP contribution < -0.4 is 11.1 Å². The minimum Gasteiger partial charge on any atom is -0.384 e. The van der Waals surface area contributed by atoms with E-state index in [-0.39, 0.29) is 24.0 Å². The molecule has 0 unspecified atom stereocenters. The van der Waals surface area contributed by atoms with Crippen LogP contribution in [0.5, 0.6) is 0 Å². The van der Waals surface area contributed by atoms with E-state index >= 15 is 0 Å². The highest BCUT2D eigenvalue weighted by Crippen LogP contribution is 2.54. The highest BCUT2D eigenvalue weighted by Gasteiger charge is 2.42. The lowest BCUT2D eigenvalue weighted by molar-refractivity contribution is 0.0857. The predicted molar refractivity (Wildman–Crippen MR) is 116 cm³/mol. The van der Waals surface area contributed by atoms with Crippen LogP contribution in [0.4, 0.5) is 0 Å². The Morgan fingerprint density at radius 1 is 0.900 bits per heavy atom. The number of aryl methyl sites for hydroxylation is 1. The van der Waals surface area contributed by atoms with E-state index < -0.39 is 0 Å². The summed E-state index contributed by atoms with van der Waals surface area (Å²) in [7, 11) is 0. The summed E-state index contributed by atoms with van der Waals surface area (Å²) in [6.45, 7) is 2.57. The summed E-state index contributed by atoms with van der Waals surface area (Å²) < 4.78 is 6.25. The standard InChI is InChI=1S/C25H23N3O2/c1-2-14-5-9-18-20(11-14)23-21-12-17(8-10-19(21)22(18)30-23)25(29)28-13-15-3-6-16(7-4-15)24(26)27/h3-12,22-23H,2,13H2,1H3,(H3,26,27)(H,28,29)/t22-,23+/m0/s1. The average molecular weight is 397 g/mol. The normalized spacial score (nSPS) is 18.0. The van der Waals surface area contributed by atoms with Gasteiger partial charge in [0.15, 0.2) is 0 Å². The Bertz CT molecular complexity index is 1170. The first-order valence-corrected chi connectivity index (χ1v) is 10.2. The Hall–Kier alpha value is -3.44. The number of nitrogen functional groups attached to an aromatic ring is 1. The molecule has 2 heterocycles. The monoisotopic (exact) mass is 397 g/mol. The molecule has 5 rings (SSSR count). The maximum Gasteiger partial charge on any atom is 0.251 e. The number of amidine groups is 1. The van der Waals surface area contributed by atoms with Gasteiger partial charge in [-0.3, -0.25) is 10.2 Å². The van der Waals surface area contributed by atoms with Crippen molar-refractivity contribution >= 4 is 11.7 Å². The van der Waals surface area contributed by atoms with Gasteiger partial charge < -0.3 is 15.8 Å². The number of rotatable bonds is 5. The summed E-state index contributed by atoms with van der Waals surface area (Å²) in [4.78, 5) is 12.7. The summed E-state index contributed by atoms with van der Waals surface area (Å²) in [5.74, 6) is -0.0772. The molecule has 0 saturated heterocycles. The maximum absolute atomic E-state index is 12.7. The number of carbonyl (C=O) groups excluding carboxylic acids is 1. The zero-order valence-corrected chi connectivity index (χ0v) is 16.7. The van der Waals surface area contributed by atoms with Crippen LogP contribution in [0, 0.1) is 5.41 Å². The Morgan fingerprint density at radius 2 is 1.50 bits per heavy atom. The number of nitrogens with two attached hydrogens (primary N) is 1. The van der Waals surface area contributed by atoms with Crippen molar-refractivity contribution in [2.45, 2.75) is 32.1 Å². The molecule has 2 aliphatic rings. The van der Waals surface area contributed by atoms with Gasteiger partial charge in [0.25, 0.3) is 5.91 Å². The SMILES string of the molecule is CCc1ccc2c(c1)[C@H]1O[C@@H]2c2ccc(C(=O)NCc3ccc(C(=N)N)cc3)cc21. The molecule has 0 aromatic heterocycles. The molecule has 0 fully saturated rings. The molecule has 2 atom stereocenters. The van der Waals surface area contributed by atoms with E-state index in [1.165, 1.54) is 16.7 Å². The van der Waals surface area contributed by atoms with Gasteiger partial charge in [-0.2, -0.15) is 0 Å². The van der Waals surface area contributed by atoms with Gasteiger partial charge in [-0.15, -0.1) is 0 Å². The van der Waals surface area contributed by atoms with E-state index in [1.54, 1.807) is 12.1 Å². The number of fused-ring (bicyclic) bond motifs is 8. The van der Waals surface area contributed by atoms with E-state index in [0.29, 0.717) is 17.7 Å². The highest BCUT2D eigenvalue weighted by atomic mass is 16.5. The first-order chi connectivity index (χ1) is 14.5. The number of carbonyl (C=O) groups is 1. The largest absolute Gasteiger partial charge is 0.384 e. The molecule has 2 bridgehead atoms. The Labute approximate surface area is 175 Å². The molecule has 0 spiro atoms. The fraction of sp³-hybridized carbons (Fsp3) is 0.200. The molecule has 5 heteroatoms. The van der Waals surface area contributed by atoms with Gasteiger partial charge in [-0.25, -0.2) is 0 Å². The van der Waals surface area contributed by atoms with Crippen molar-refractivity contribution in [3.8, 4) is 0 Å². The zero-order valence-electron chi connectivity index (χ0n) is 16.7. The van der Waals surface area contributed by atoms with Crippen LogP contribution in [-0.4, -0.2) is 11.7 Å². The molecular formula is C25H23N3O2. The summed E-state index contributed by atoms with van der Waals surface area (Å²) in [5.41, 5.74) is 13.8. The Morgan fingerprint density at radius 3 is 2.20 bits per heavy atom. The molecule has 30 heavy (non-hydrogen) atoms. The molecule has 2 aliphatic heterocycles.